The minimum atomic E-state index is -3.50. The second-order valence-electron chi connectivity index (χ2n) is 6.16. The minimum Gasteiger partial charge on any atom is -0.205 e. The van der Waals surface area contributed by atoms with E-state index in [1.54, 1.807) is 0 Å². The van der Waals surface area contributed by atoms with Crippen LogP contribution in [0.4, 0.5) is 0 Å². The molecule has 0 atom stereocenters. The molecule has 0 fully saturated rings. The van der Waals surface area contributed by atoms with Crippen molar-refractivity contribution in [2.45, 2.75) is 20.8 Å². The Morgan fingerprint density at radius 2 is 1.25 bits per heavy atom. The molecular formula is C19H20N2O2S. The van der Waals surface area contributed by atoms with Crippen LogP contribution in [-0.4, -0.2) is 23.9 Å². The first-order chi connectivity index (χ1) is 11.3. The summed E-state index contributed by atoms with van der Waals surface area (Å²) in [7, 11) is -3.50. The highest BCUT2D eigenvalue weighted by molar-refractivity contribution is 7.89. The normalized spacial score (nSPS) is 11.7. The molecule has 0 saturated carbocycles. The number of benzene rings is 2. The van der Waals surface area contributed by atoms with E-state index in [1.165, 1.54) is 6.26 Å². The van der Waals surface area contributed by atoms with Crippen molar-refractivity contribution in [1.82, 2.24) is 9.19 Å². The second-order valence-corrected chi connectivity index (χ2v) is 7.97. The Morgan fingerprint density at radius 1 is 0.792 bits per heavy atom. The molecule has 1 heterocycles. The molecule has 0 unspecified atom stereocenters. The van der Waals surface area contributed by atoms with Gasteiger partial charge in [-0.3, -0.25) is 0 Å². The molecule has 24 heavy (non-hydrogen) atoms. The van der Waals surface area contributed by atoms with E-state index in [-0.39, 0.29) is 0 Å². The topological polar surface area (TPSA) is 52.0 Å². The molecule has 0 bridgehead atoms. The smallest absolute Gasteiger partial charge is 0.205 e. The van der Waals surface area contributed by atoms with Gasteiger partial charge < -0.3 is 0 Å². The van der Waals surface area contributed by atoms with Gasteiger partial charge in [-0.25, -0.2) is 8.42 Å². The molecule has 2 aromatic carbocycles. The largest absolute Gasteiger partial charge is 0.251 e. The zero-order valence-electron chi connectivity index (χ0n) is 14.2. The Labute approximate surface area is 142 Å². The summed E-state index contributed by atoms with van der Waals surface area (Å²) in [5, 5.41) is 4.41. The molecule has 0 amide bonds. The third kappa shape index (κ3) is 2.99. The standard InChI is InChI=1S/C19H20N2O2S/c1-13-5-9-16(10-6-13)18-15(3)19(21(20-18)24(4,22)23)17-11-7-14(2)8-12-17/h5-12H,1-4H3. The molecule has 0 saturated heterocycles. The Bertz CT molecular complexity index is 983. The van der Waals surface area contributed by atoms with Gasteiger partial charge in [0.15, 0.2) is 0 Å². The molecule has 0 aliphatic heterocycles. The van der Waals surface area contributed by atoms with Gasteiger partial charge in [0.05, 0.1) is 17.6 Å². The van der Waals surface area contributed by atoms with Crippen LogP contribution in [0.15, 0.2) is 48.5 Å². The van der Waals surface area contributed by atoms with Gasteiger partial charge in [-0.2, -0.15) is 9.19 Å². The fourth-order valence-corrected chi connectivity index (χ4v) is 3.54. The van der Waals surface area contributed by atoms with Crippen molar-refractivity contribution in [2.75, 3.05) is 6.26 Å². The SMILES string of the molecule is Cc1ccc(-c2nn(S(C)(=O)=O)c(-c3ccc(C)cc3)c2C)cc1. The molecule has 0 radical (unpaired) electrons. The van der Waals surface area contributed by atoms with Gasteiger partial charge in [-0.05, 0) is 20.8 Å². The van der Waals surface area contributed by atoms with Gasteiger partial charge in [-0.15, -0.1) is 0 Å². The van der Waals surface area contributed by atoms with Crippen molar-refractivity contribution < 1.29 is 8.42 Å². The molecule has 0 N–H and O–H groups in total. The average Bonchev–Trinajstić information content (AvgIpc) is 2.87. The zero-order chi connectivity index (χ0) is 17.5. The third-order valence-corrected chi connectivity index (χ3v) is 4.95. The fourth-order valence-electron chi connectivity index (χ4n) is 2.74. The minimum absolute atomic E-state index is 0.619. The summed E-state index contributed by atoms with van der Waals surface area (Å²) in [5.41, 5.74) is 6.19. The predicted molar refractivity (Wildman–Crippen MR) is 97.6 cm³/mol. The molecule has 1 aromatic heterocycles. The molecule has 124 valence electrons. The van der Waals surface area contributed by atoms with Gasteiger partial charge in [0.25, 0.3) is 10.0 Å². The van der Waals surface area contributed by atoms with Crippen LogP contribution >= 0.6 is 0 Å². The molecule has 0 aliphatic rings. The molecule has 5 heteroatoms. The summed E-state index contributed by atoms with van der Waals surface area (Å²) in [6.45, 7) is 5.94. The highest BCUT2D eigenvalue weighted by atomic mass is 32.2. The fraction of sp³-hybridized carbons (Fsp3) is 0.211. The van der Waals surface area contributed by atoms with Crippen molar-refractivity contribution in [3.63, 3.8) is 0 Å². The van der Waals surface area contributed by atoms with Crippen LogP contribution < -0.4 is 0 Å². The van der Waals surface area contributed by atoms with Crippen molar-refractivity contribution in [3.05, 3.63) is 65.2 Å². The number of aryl methyl sites for hydroxylation is 2. The van der Waals surface area contributed by atoms with Crippen LogP contribution in [0.5, 0.6) is 0 Å². The molecule has 4 nitrogen and oxygen atoms in total. The van der Waals surface area contributed by atoms with E-state index in [2.05, 4.69) is 5.10 Å². The number of hydrogen-bond donors (Lipinski definition) is 0. The van der Waals surface area contributed by atoms with Gasteiger partial charge in [0.2, 0.25) is 0 Å². The Balaban J connectivity index is 2.28. The molecular weight excluding hydrogens is 320 g/mol. The van der Waals surface area contributed by atoms with E-state index in [9.17, 15) is 8.42 Å². The van der Waals surface area contributed by atoms with Crippen LogP contribution in [0.1, 0.15) is 16.7 Å². The highest BCUT2D eigenvalue weighted by Crippen LogP contribution is 2.32. The van der Waals surface area contributed by atoms with Gasteiger partial charge in [-0.1, -0.05) is 59.7 Å². The summed E-state index contributed by atoms with van der Waals surface area (Å²) in [4.78, 5) is 0. The van der Waals surface area contributed by atoms with E-state index in [0.29, 0.717) is 11.4 Å². The van der Waals surface area contributed by atoms with E-state index in [4.69, 9.17) is 0 Å². The molecule has 0 aliphatic carbocycles. The van der Waals surface area contributed by atoms with Gasteiger partial charge in [0.1, 0.15) is 0 Å². The highest BCUT2D eigenvalue weighted by Gasteiger charge is 2.22. The quantitative estimate of drug-likeness (QED) is 0.725. The van der Waals surface area contributed by atoms with Crippen molar-refractivity contribution in [3.8, 4) is 22.5 Å². The van der Waals surface area contributed by atoms with Crippen LogP contribution in [0, 0.1) is 20.8 Å². The van der Waals surface area contributed by atoms with Gasteiger partial charge >= 0.3 is 0 Å². The monoisotopic (exact) mass is 340 g/mol. The van der Waals surface area contributed by atoms with Crippen molar-refractivity contribution in [2.24, 2.45) is 0 Å². The number of aromatic nitrogens is 2. The van der Waals surface area contributed by atoms with E-state index >= 15 is 0 Å². The first-order valence-electron chi connectivity index (χ1n) is 7.71. The lowest BCUT2D eigenvalue weighted by molar-refractivity contribution is 0.587. The average molecular weight is 340 g/mol. The Hall–Kier alpha value is -2.40. The second kappa shape index (κ2) is 5.91. The maximum absolute atomic E-state index is 12.2. The van der Waals surface area contributed by atoms with E-state index in [1.807, 2.05) is 69.3 Å². The van der Waals surface area contributed by atoms with Crippen LogP contribution in [0.25, 0.3) is 22.5 Å². The van der Waals surface area contributed by atoms with Crippen molar-refractivity contribution in [1.29, 1.82) is 0 Å². The van der Waals surface area contributed by atoms with Crippen LogP contribution in [0.3, 0.4) is 0 Å². The molecule has 3 aromatic rings. The lowest BCUT2D eigenvalue weighted by atomic mass is 10.0. The first-order valence-corrected chi connectivity index (χ1v) is 9.56. The summed E-state index contributed by atoms with van der Waals surface area (Å²) in [5.74, 6) is 0. The Kier molecular flexibility index (Phi) is 4.05. The lowest BCUT2D eigenvalue weighted by Gasteiger charge is -2.06. The maximum Gasteiger partial charge on any atom is 0.251 e. The number of hydrogen-bond acceptors (Lipinski definition) is 3. The number of nitrogens with zero attached hydrogens (tertiary/aromatic N) is 2. The maximum atomic E-state index is 12.2. The zero-order valence-corrected chi connectivity index (χ0v) is 15.1. The molecule has 3 rings (SSSR count). The third-order valence-electron chi connectivity index (χ3n) is 4.06. The summed E-state index contributed by atoms with van der Waals surface area (Å²) < 4.78 is 25.6. The van der Waals surface area contributed by atoms with Gasteiger partial charge in [0, 0.05) is 16.7 Å². The Morgan fingerprint density at radius 3 is 1.71 bits per heavy atom. The summed E-state index contributed by atoms with van der Waals surface area (Å²) in [6, 6.07) is 15.7. The lowest BCUT2D eigenvalue weighted by Crippen LogP contribution is -2.13. The van der Waals surface area contributed by atoms with E-state index in [0.717, 1.165) is 31.9 Å². The number of rotatable bonds is 3. The van der Waals surface area contributed by atoms with Crippen LogP contribution in [0.2, 0.25) is 0 Å². The predicted octanol–water partition coefficient (Wildman–Crippen LogP) is 3.95. The first kappa shape index (κ1) is 16.5. The van der Waals surface area contributed by atoms with E-state index < -0.39 is 10.0 Å². The van der Waals surface area contributed by atoms with Crippen molar-refractivity contribution >= 4 is 10.0 Å². The summed E-state index contributed by atoms with van der Waals surface area (Å²) >= 11 is 0. The summed E-state index contributed by atoms with van der Waals surface area (Å²) in [6.07, 6.45) is 1.18. The molecule has 0 spiro atoms. The van der Waals surface area contributed by atoms with Crippen LogP contribution in [-0.2, 0) is 10.0 Å².